The van der Waals surface area contributed by atoms with Crippen molar-refractivity contribution < 1.29 is 9.59 Å². The van der Waals surface area contributed by atoms with Gasteiger partial charge in [-0.15, -0.1) is 0 Å². The Morgan fingerprint density at radius 1 is 1.17 bits per heavy atom. The Morgan fingerprint density at radius 2 is 1.91 bits per heavy atom. The van der Waals surface area contributed by atoms with Crippen molar-refractivity contribution in [2.24, 2.45) is 0 Å². The Morgan fingerprint density at radius 3 is 2.57 bits per heavy atom. The Labute approximate surface area is 141 Å². The van der Waals surface area contributed by atoms with Crippen LogP contribution in [0.4, 0.5) is 0 Å². The minimum absolute atomic E-state index is 0.0925. The van der Waals surface area contributed by atoms with Crippen molar-refractivity contribution >= 4 is 23.2 Å². The molecule has 2 heterocycles. The minimum atomic E-state index is -0.0925. The van der Waals surface area contributed by atoms with Crippen LogP contribution in [-0.4, -0.2) is 60.4 Å². The van der Waals surface area contributed by atoms with Crippen LogP contribution < -0.4 is 5.32 Å². The Kier molecular flexibility index (Phi) is 5.67. The van der Waals surface area contributed by atoms with Gasteiger partial charge in [0, 0.05) is 56.1 Å². The van der Waals surface area contributed by atoms with Gasteiger partial charge >= 0.3 is 0 Å². The lowest BCUT2D eigenvalue weighted by Gasteiger charge is -2.38. The summed E-state index contributed by atoms with van der Waals surface area (Å²) in [7, 11) is 0. The zero-order valence-corrected chi connectivity index (χ0v) is 14.3. The van der Waals surface area contributed by atoms with Crippen molar-refractivity contribution in [1.82, 2.24) is 15.1 Å². The topological polar surface area (TPSA) is 52.7 Å². The quantitative estimate of drug-likeness (QED) is 0.895. The highest BCUT2D eigenvalue weighted by Crippen LogP contribution is 2.24. The highest BCUT2D eigenvalue weighted by molar-refractivity contribution is 7.08. The molecule has 2 fully saturated rings. The van der Waals surface area contributed by atoms with Crippen molar-refractivity contribution in [1.29, 1.82) is 0 Å². The van der Waals surface area contributed by atoms with Gasteiger partial charge in [0.05, 0.1) is 0 Å². The van der Waals surface area contributed by atoms with Crippen LogP contribution in [0.1, 0.15) is 42.5 Å². The lowest BCUT2D eigenvalue weighted by Crippen LogP contribution is -2.51. The van der Waals surface area contributed by atoms with Crippen LogP contribution in [-0.2, 0) is 4.79 Å². The SMILES string of the molecule is O=C(NCCC(=O)N1CCN(C2CCCC2)CC1)c1ccsc1. The number of amides is 2. The summed E-state index contributed by atoms with van der Waals surface area (Å²) >= 11 is 1.50. The standard InChI is InChI=1S/C17H25N3O2S/c21-16(5-7-18-17(22)14-6-12-23-13-14)20-10-8-19(9-11-20)15-3-1-2-4-15/h6,12-13,15H,1-5,7-11H2,(H,18,22). The molecule has 1 aromatic rings. The van der Waals surface area contributed by atoms with Crippen molar-refractivity contribution in [3.05, 3.63) is 22.4 Å². The molecule has 1 N–H and O–H groups in total. The molecule has 0 spiro atoms. The van der Waals surface area contributed by atoms with Gasteiger partial charge in [-0.1, -0.05) is 12.8 Å². The number of nitrogens with one attached hydrogen (secondary N) is 1. The summed E-state index contributed by atoms with van der Waals surface area (Å²) in [6.07, 6.45) is 5.74. The number of hydrogen-bond donors (Lipinski definition) is 1. The average molecular weight is 335 g/mol. The van der Waals surface area contributed by atoms with Crippen molar-refractivity contribution in [2.75, 3.05) is 32.7 Å². The van der Waals surface area contributed by atoms with Gasteiger partial charge < -0.3 is 10.2 Å². The zero-order valence-electron chi connectivity index (χ0n) is 13.5. The van der Waals surface area contributed by atoms with E-state index in [0.717, 1.165) is 32.2 Å². The molecule has 0 atom stereocenters. The van der Waals surface area contributed by atoms with Gasteiger partial charge in [0.25, 0.3) is 5.91 Å². The predicted octanol–water partition coefficient (Wildman–Crippen LogP) is 1.95. The monoisotopic (exact) mass is 335 g/mol. The minimum Gasteiger partial charge on any atom is -0.351 e. The molecule has 1 saturated heterocycles. The molecule has 2 aliphatic rings. The number of carbonyl (C=O) groups excluding carboxylic acids is 2. The number of thiophene rings is 1. The van der Waals surface area contributed by atoms with E-state index in [9.17, 15) is 9.59 Å². The molecule has 23 heavy (non-hydrogen) atoms. The highest BCUT2D eigenvalue weighted by atomic mass is 32.1. The van der Waals surface area contributed by atoms with Gasteiger partial charge in [-0.25, -0.2) is 0 Å². The van der Waals surface area contributed by atoms with Crippen molar-refractivity contribution in [2.45, 2.75) is 38.1 Å². The number of hydrogen-bond acceptors (Lipinski definition) is 4. The molecule has 1 aliphatic carbocycles. The second kappa shape index (κ2) is 7.93. The van der Waals surface area contributed by atoms with E-state index < -0.39 is 0 Å². The van der Waals surface area contributed by atoms with Gasteiger partial charge in [0.1, 0.15) is 0 Å². The molecule has 126 valence electrons. The Hall–Kier alpha value is -1.40. The second-order valence-corrected chi connectivity index (χ2v) is 7.15. The molecule has 0 aromatic carbocycles. The third-order valence-corrected chi connectivity index (χ3v) is 5.60. The maximum absolute atomic E-state index is 12.3. The molecule has 0 radical (unpaired) electrons. The molecule has 1 saturated carbocycles. The fourth-order valence-electron chi connectivity index (χ4n) is 3.54. The van der Waals surface area contributed by atoms with Crippen LogP contribution in [0.25, 0.3) is 0 Å². The third kappa shape index (κ3) is 4.32. The van der Waals surface area contributed by atoms with Crippen LogP contribution in [0.5, 0.6) is 0 Å². The van der Waals surface area contributed by atoms with Crippen molar-refractivity contribution in [3.63, 3.8) is 0 Å². The summed E-state index contributed by atoms with van der Waals surface area (Å²) in [5.41, 5.74) is 0.674. The van der Waals surface area contributed by atoms with E-state index in [-0.39, 0.29) is 11.8 Å². The molecular formula is C17H25N3O2S. The second-order valence-electron chi connectivity index (χ2n) is 6.37. The van der Waals surface area contributed by atoms with E-state index in [0.29, 0.717) is 18.5 Å². The molecule has 6 heteroatoms. The molecular weight excluding hydrogens is 310 g/mol. The maximum Gasteiger partial charge on any atom is 0.252 e. The van der Waals surface area contributed by atoms with Gasteiger partial charge in [-0.3, -0.25) is 14.5 Å². The summed E-state index contributed by atoms with van der Waals surface area (Å²) in [4.78, 5) is 28.6. The molecule has 1 aliphatic heterocycles. The maximum atomic E-state index is 12.3. The van der Waals surface area contributed by atoms with Gasteiger partial charge in [0.2, 0.25) is 5.91 Å². The van der Waals surface area contributed by atoms with Crippen LogP contribution in [0, 0.1) is 0 Å². The van der Waals surface area contributed by atoms with Crippen LogP contribution >= 0.6 is 11.3 Å². The summed E-state index contributed by atoms with van der Waals surface area (Å²) in [5.74, 6) is 0.0618. The lowest BCUT2D eigenvalue weighted by molar-refractivity contribution is -0.133. The Balaban J connectivity index is 1.35. The molecule has 2 amide bonds. The summed E-state index contributed by atoms with van der Waals surface area (Å²) in [6.45, 7) is 4.06. The number of carbonyl (C=O) groups is 2. The molecule has 0 bridgehead atoms. The normalized spacial score (nSPS) is 19.9. The van der Waals surface area contributed by atoms with E-state index in [1.807, 2.05) is 15.7 Å². The highest BCUT2D eigenvalue weighted by Gasteiger charge is 2.27. The largest absolute Gasteiger partial charge is 0.351 e. The molecule has 3 rings (SSSR count). The molecule has 5 nitrogen and oxygen atoms in total. The molecule has 0 unspecified atom stereocenters. The lowest BCUT2D eigenvalue weighted by atomic mass is 10.1. The van der Waals surface area contributed by atoms with E-state index in [1.54, 1.807) is 6.07 Å². The number of rotatable bonds is 5. The van der Waals surface area contributed by atoms with Gasteiger partial charge in [0.15, 0.2) is 0 Å². The first-order valence-electron chi connectivity index (χ1n) is 8.56. The number of nitrogens with zero attached hydrogens (tertiary/aromatic N) is 2. The molecule has 1 aromatic heterocycles. The fraction of sp³-hybridized carbons (Fsp3) is 0.647. The zero-order chi connectivity index (χ0) is 16.1. The summed E-state index contributed by atoms with van der Waals surface area (Å²) in [5, 5.41) is 6.52. The van der Waals surface area contributed by atoms with E-state index in [1.165, 1.54) is 37.0 Å². The van der Waals surface area contributed by atoms with Gasteiger partial charge in [-0.2, -0.15) is 11.3 Å². The van der Waals surface area contributed by atoms with E-state index >= 15 is 0 Å². The van der Waals surface area contributed by atoms with Gasteiger partial charge in [-0.05, 0) is 24.3 Å². The average Bonchev–Trinajstić information content (AvgIpc) is 3.28. The number of piperazine rings is 1. The van der Waals surface area contributed by atoms with Crippen LogP contribution in [0.2, 0.25) is 0 Å². The third-order valence-electron chi connectivity index (χ3n) is 4.92. The first-order chi connectivity index (χ1) is 11.2. The fourth-order valence-corrected chi connectivity index (χ4v) is 4.18. The van der Waals surface area contributed by atoms with E-state index in [2.05, 4.69) is 10.2 Å². The van der Waals surface area contributed by atoms with Crippen molar-refractivity contribution in [3.8, 4) is 0 Å². The van der Waals surface area contributed by atoms with E-state index in [4.69, 9.17) is 0 Å². The van der Waals surface area contributed by atoms with Crippen LogP contribution in [0.3, 0.4) is 0 Å². The Bertz CT molecular complexity index is 518. The smallest absolute Gasteiger partial charge is 0.252 e. The van der Waals surface area contributed by atoms with Crippen LogP contribution in [0.15, 0.2) is 16.8 Å². The first kappa shape index (κ1) is 16.5. The summed E-state index contributed by atoms with van der Waals surface area (Å²) in [6, 6.07) is 2.54. The first-order valence-corrected chi connectivity index (χ1v) is 9.50. The summed E-state index contributed by atoms with van der Waals surface area (Å²) < 4.78 is 0. The predicted molar refractivity (Wildman–Crippen MR) is 91.7 cm³/mol.